The van der Waals surface area contributed by atoms with Crippen LogP contribution >= 0.6 is 0 Å². The zero-order chi connectivity index (χ0) is 14.5. The molecule has 2 N–H and O–H groups in total. The summed E-state index contributed by atoms with van der Waals surface area (Å²) in [5.41, 5.74) is 0.366. The third-order valence-electron chi connectivity index (χ3n) is 3.08. The summed E-state index contributed by atoms with van der Waals surface area (Å²) in [6, 6.07) is 4.75. The number of hydrogen-bond acceptors (Lipinski definition) is 4. The number of fused-ring (bicyclic) bond motifs is 1. The molecule has 7 nitrogen and oxygen atoms in total. The molecule has 0 saturated carbocycles. The molecule has 2 aromatic heterocycles. The number of aliphatic carboxylic acids is 1. The Morgan fingerprint density at radius 3 is 2.95 bits per heavy atom. The zero-order valence-electron chi connectivity index (χ0n) is 11.3. The number of hydrogen-bond donors (Lipinski definition) is 2. The Hall–Kier alpha value is -2.15. The van der Waals surface area contributed by atoms with Crippen molar-refractivity contribution in [3.63, 3.8) is 0 Å². The highest BCUT2D eigenvalue weighted by Gasteiger charge is 2.15. The first-order valence-corrected chi connectivity index (χ1v) is 6.64. The number of carboxylic acid groups (broad SMARTS) is 1. The monoisotopic (exact) mass is 278 g/mol. The fourth-order valence-electron chi connectivity index (χ4n) is 2.06. The Bertz CT molecular complexity index is 646. The third kappa shape index (κ3) is 3.05. The summed E-state index contributed by atoms with van der Waals surface area (Å²) in [6.45, 7) is 2.67. The number of carboxylic acids is 1. The first-order chi connectivity index (χ1) is 9.63. The van der Waals surface area contributed by atoms with Crippen LogP contribution in [0.25, 0.3) is 5.65 Å². The summed E-state index contributed by atoms with van der Waals surface area (Å²) in [5, 5.41) is 16.1. The minimum atomic E-state index is -0.866. The van der Waals surface area contributed by atoms with E-state index < -0.39 is 12.0 Å². The van der Waals surface area contributed by atoms with E-state index in [4.69, 9.17) is 5.11 Å². The summed E-state index contributed by atoms with van der Waals surface area (Å²) in [5.74, 6) is -0.866. The van der Waals surface area contributed by atoms with Crippen LogP contribution in [0.4, 0.5) is 0 Å². The highest BCUT2D eigenvalue weighted by Crippen LogP contribution is 1.97. The summed E-state index contributed by atoms with van der Waals surface area (Å²) in [6.07, 6.45) is 3.01. The molecule has 0 fully saturated rings. The highest BCUT2D eigenvalue weighted by atomic mass is 16.4. The molecule has 2 rings (SSSR count). The predicted molar refractivity (Wildman–Crippen MR) is 73.8 cm³/mol. The van der Waals surface area contributed by atoms with Crippen molar-refractivity contribution >= 4 is 11.6 Å². The van der Waals surface area contributed by atoms with Gasteiger partial charge in [-0.15, -0.1) is 5.10 Å². The molecule has 0 aromatic carbocycles. The van der Waals surface area contributed by atoms with Crippen LogP contribution in [0.15, 0.2) is 29.2 Å². The number of nitrogens with zero attached hydrogens (tertiary/aromatic N) is 3. The van der Waals surface area contributed by atoms with Crippen molar-refractivity contribution < 1.29 is 9.90 Å². The van der Waals surface area contributed by atoms with Crippen molar-refractivity contribution in [3.05, 3.63) is 34.9 Å². The van der Waals surface area contributed by atoms with E-state index in [-0.39, 0.29) is 5.69 Å². The first kappa shape index (κ1) is 14.3. The largest absolute Gasteiger partial charge is 0.480 e. The average Bonchev–Trinajstić information content (AvgIpc) is 2.75. The second-order valence-electron chi connectivity index (χ2n) is 4.57. The molecule has 2 aromatic rings. The molecule has 0 amide bonds. The van der Waals surface area contributed by atoms with E-state index >= 15 is 0 Å². The third-order valence-corrected chi connectivity index (χ3v) is 3.08. The summed E-state index contributed by atoms with van der Waals surface area (Å²) < 4.78 is 2.80. The smallest absolute Gasteiger partial charge is 0.350 e. The Morgan fingerprint density at radius 1 is 1.50 bits per heavy atom. The van der Waals surface area contributed by atoms with E-state index in [1.807, 2.05) is 13.0 Å². The normalized spacial score (nSPS) is 12.7. The lowest BCUT2D eigenvalue weighted by atomic mass is 10.2. The van der Waals surface area contributed by atoms with Crippen molar-refractivity contribution in [2.24, 2.45) is 0 Å². The predicted octanol–water partition coefficient (Wildman–Crippen LogP) is 0.339. The lowest BCUT2D eigenvalue weighted by molar-refractivity contribution is -0.139. The van der Waals surface area contributed by atoms with Crippen LogP contribution in [-0.2, 0) is 11.3 Å². The number of carbonyl (C=O) groups is 1. The van der Waals surface area contributed by atoms with Crippen LogP contribution in [0.2, 0.25) is 0 Å². The molecule has 1 atom stereocenters. The van der Waals surface area contributed by atoms with Gasteiger partial charge in [-0.3, -0.25) is 9.20 Å². The van der Waals surface area contributed by atoms with Gasteiger partial charge in [0.15, 0.2) is 5.65 Å². The quantitative estimate of drug-likeness (QED) is 0.762. The number of pyridine rings is 1. The standard InChI is InChI=1S/C13H18N4O3/c1-2-5-10(12(18)19)14-7-9-17-13(20)16-8-4-3-6-11(16)15-17/h3-4,6,8,10,14H,2,5,7,9H2,1H3,(H,18,19). The molecule has 7 heteroatoms. The molecular formula is C13H18N4O3. The SMILES string of the molecule is CCCC(NCCn1nc2ccccn2c1=O)C(=O)O. The average molecular weight is 278 g/mol. The Kier molecular flexibility index (Phi) is 4.52. The van der Waals surface area contributed by atoms with Gasteiger partial charge < -0.3 is 10.4 Å². The zero-order valence-corrected chi connectivity index (χ0v) is 11.3. The van der Waals surface area contributed by atoms with Crippen molar-refractivity contribution in [2.75, 3.05) is 6.54 Å². The van der Waals surface area contributed by atoms with Gasteiger partial charge in [-0.05, 0) is 18.6 Å². The summed E-state index contributed by atoms with van der Waals surface area (Å²) >= 11 is 0. The van der Waals surface area contributed by atoms with Crippen molar-refractivity contribution in [1.82, 2.24) is 19.5 Å². The molecule has 108 valence electrons. The topological polar surface area (TPSA) is 88.6 Å². The molecule has 0 spiro atoms. The van der Waals surface area contributed by atoms with Crippen LogP contribution in [0.3, 0.4) is 0 Å². The van der Waals surface area contributed by atoms with Crippen LogP contribution < -0.4 is 11.0 Å². The van der Waals surface area contributed by atoms with Crippen molar-refractivity contribution in [2.45, 2.75) is 32.4 Å². The Balaban J connectivity index is 2.01. The lowest BCUT2D eigenvalue weighted by Gasteiger charge is -2.12. The van der Waals surface area contributed by atoms with Gasteiger partial charge in [0, 0.05) is 12.7 Å². The van der Waals surface area contributed by atoms with Gasteiger partial charge in [0.25, 0.3) is 0 Å². The molecule has 0 aliphatic carbocycles. The second kappa shape index (κ2) is 6.33. The van der Waals surface area contributed by atoms with E-state index in [0.717, 1.165) is 6.42 Å². The molecule has 1 unspecified atom stereocenters. The van der Waals surface area contributed by atoms with Gasteiger partial charge in [-0.25, -0.2) is 9.48 Å². The minimum absolute atomic E-state index is 0.218. The van der Waals surface area contributed by atoms with E-state index in [0.29, 0.717) is 25.2 Å². The highest BCUT2D eigenvalue weighted by molar-refractivity contribution is 5.73. The van der Waals surface area contributed by atoms with Crippen LogP contribution in [0, 0.1) is 0 Å². The Labute approximate surface area is 115 Å². The van der Waals surface area contributed by atoms with E-state index in [1.54, 1.807) is 18.3 Å². The number of rotatable bonds is 7. The minimum Gasteiger partial charge on any atom is -0.480 e. The maximum Gasteiger partial charge on any atom is 0.350 e. The fraction of sp³-hybridized carbons (Fsp3) is 0.462. The molecule has 20 heavy (non-hydrogen) atoms. The second-order valence-corrected chi connectivity index (χ2v) is 4.57. The van der Waals surface area contributed by atoms with Crippen LogP contribution in [0.1, 0.15) is 19.8 Å². The number of aromatic nitrogens is 3. The van der Waals surface area contributed by atoms with Crippen LogP contribution in [0.5, 0.6) is 0 Å². The van der Waals surface area contributed by atoms with Gasteiger partial charge in [0.05, 0.1) is 6.54 Å². The maximum absolute atomic E-state index is 12.0. The molecule has 0 radical (unpaired) electrons. The van der Waals surface area contributed by atoms with Gasteiger partial charge in [0.1, 0.15) is 6.04 Å². The number of nitrogens with one attached hydrogen (secondary N) is 1. The van der Waals surface area contributed by atoms with Crippen molar-refractivity contribution in [3.8, 4) is 0 Å². The van der Waals surface area contributed by atoms with Gasteiger partial charge >= 0.3 is 11.7 Å². The lowest BCUT2D eigenvalue weighted by Crippen LogP contribution is -2.39. The van der Waals surface area contributed by atoms with E-state index in [1.165, 1.54) is 9.08 Å². The maximum atomic E-state index is 12.0. The van der Waals surface area contributed by atoms with Crippen molar-refractivity contribution in [1.29, 1.82) is 0 Å². The summed E-state index contributed by atoms with van der Waals surface area (Å²) in [4.78, 5) is 23.0. The molecule has 0 bridgehead atoms. The molecule has 0 aliphatic heterocycles. The molecule has 0 saturated heterocycles. The van der Waals surface area contributed by atoms with E-state index in [2.05, 4.69) is 10.4 Å². The first-order valence-electron chi connectivity index (χ1n) is 6.64. The fourth-order valence-corrected chi connectivity index (χ4v) is 2.06. The van der Waals surface area contributed by atoms with E-state index in [9.17, 15) is 9.59 Å². The summed E-state index contributed by atoms with van der Waals surface area (Å²) in [7, 11) is 0. The molecule has 2 heterocycles. The van der Waals surface area contributed by atoms with Gasteiger partial charge in [0.2, 0.25) is 0 Å². The molecule has 0 aliphatic rings. The molecular weight excluding hydrogens is 260 g/mol. The van der Waals surface area contributed by atoms with Gasteiger partial charge in [-0.2, -0.15) is 0 Å². The van der Waals surface area contributed by atoms with Crippen LogP contribution in [-0.4, -0.2) is 37.8 Å². The Morgan fingerprint density at radius 2 is 2.30 bits per heavy atom. The van der Waals surface area contributed by atoms with Gasteiger partial charge in [-0.1, -0.05) is 19.4 Å².